The third-order valence-electron chi connectivity index (χ3n) is 3.20. The van der Waals surface area contributed by atoms with Gasteiger partial charge in [0.25, 0.3) is 0 Å². The number of carbonyl (C=O) groups is 1. The highest BCUT2D eigenvalue weighted by Crippen LogP contribution is 2.27. The monoisotopic (exact) mass is 333 g/mol. The van der Waals surface area contributed by atoms with Crippen LogP contribution in [0.2, 0.25) is 5.02 Å². The molecule has 0 spiro atoms. The van der Waals surface area contributed by atoms with Crippen LogP contribution < -0.4 is 4.84 Å². The largest absolute Gasteiger partial charge is 0.479 e. The van der Waals surface area contributed by atoms with Crippen LogP contribution >= 0.6 is 11.6 Å². The van der Waals surface area contributed by atoms with Gasteiger partial charge in [-0.1, -0.05) is 47.1 Å². The maximum atomic E-state index is 11.2. The standard InChI is InChI=1S/C17H16ClNO4/c1-11(12-7-9-13(18)10-8-12)19-23-15-6-4-3-5-14(15)16(22-2)17(20)21/h3-10,16H,1-2H3,(H,20,21). The van der Waals surface area contributed by atoms with Gasteiger partial charge in [-0.2, -0.15) is 0 Å². The number of benzene rings is 2. The quantitative estimate of drug-likeness (QED) is 0.642. The Morgan fingerprint density at radius 2 is 1.83 bits per heavy atom. The maximum absolute atomic E-state index is 11.2. The molecule has 2 aromatic rings. The summed E-state index contributed by atoms with van der Waals surface area (Å²) < 4.78 is 5.00. The Kier molecular flexibility index (Phi) is 5.73. The minimum Gasteiger partial charge on any atom is -0.479 e. The molecule has 5 nitrogen and oxygen atoms in total. The van der Waals surface area contributed by atoms with Gasteiger partial charge in [0.15, 0.2) is 11.9 Å². The Labute approximate surface area is 139 Å². The molecule has 0 aliphatic heterocycles. The first kappa shape index (κ1) is 17.0. The molecule has 2 aromatic carbocycles. The zero-order valence-corrected chi connectivity index (χ0v) is 13.4. The first-order valence-electron chi connectivity index (χ1n) is 6.85. The molecule has 0 heterocycles. The molecule has 1 atom stereocenters. The van der Waals surface area contributed by atoms with E-state index in [2.05, 4.69) is 5.16 Å². The highest BCUT2D eigenvalue weighted by molar-refractivity contribution is 6.30. The molecular weight excluding hydrogens is 318 g/mol. The Balaban J connectivity index is 2.25. The molecule has 0 saturated carbocycles. The van der Waals surface area contributed by atoms with Gasteiger partial charge in [0.1, 0.15) is 0 Å². The van der Waals surface area contributed by atoms with Gasteiger partial charge in [-0.15, -0.1) is 0 Å². The Morgan fingerprint density at radius 1 is 1.17 bits per heavy atom. The van der Waals surface area contributed by atoms with Crippen molar-refractivity contribution in [1.29, 1.82) is 0 Å². The van der Waals surface area contributed by atoms with E-state index in [1.165, 1.54) is 7.11 Å². The summed E-state index contributed by atoms with van der Waals surface area (Å²) in [5, 5.41) is 13.9. The molecule has 1 N–H and O–H groups in total. The Bertz CT molecular complexity index is 713. The van der Waals surface area contributed by atoms with Crippen molar-refractivity contribution in [2.45, 2.75) is 13.0 Å². The molecular formula is C17H16ClNO4. The summed E-state index contributed by atoms with van der Waals surface area (Å²) in [5.41, 5.74) is 1.89. The van der Waals surface area contributed by atoms with Gasteiger partial charge in [0.2, 0.25) is 0 Å². The second-order valence-corrected chi connectivity index (χ2v) is 5.20. The number of carboxylic acids is 1. The van der Waals surface area contributed by atoms with Crippen LogP contribution in [0.4, 0.5) is 0 Å². The number of nitrogens with zero attached hydrogens (tertiary/aromatic N) is 1. The number of oxime groups is 1. The molecule has 0 bridgehead atoms. The van der Waals surface area contributed by atoms with E-state index in [-0.39, 0.29) is 0 Å². The van der Waals surface area contributed by atoms with Crippen LogP contribution in [0.5, 0.6) is 5.75 Å². The smallest absolute Gasteiger partial charge is 0.337 e. The van der Waals surface area contributed by atoms with Crippen molar-refractivity contribution in [3.63, 3.8) is 0 Å². The number of halogens is 1. The number of carboxylic acid groups (broad SMARTS) is 1. The van der Waals surface area contributed by atoms with Crippen molar-refractivity contribution < 1.29 is 19.5 Å². The van der Waals surface area contributed by atoms with Crippen molar-refractivity contribution in [3.8, 4) is 5.75 Å². The summed E-state index contributed by atoms with van der Waals surface area (Å²) in [4.78, 5) is 16.7. The van der Waals surface area contributed by atoms with Crippen LogP contribution in [-0.2, 0) is 9.53 Å². The highest BCUT2D eigenvalue weighted by Gasteiger charge is 2.23. The van der Waals surface area contributed by atoms with Crippen molar-refractivity contribution in [2.75, 3.05) is 7.11 Å². The van der Waals surface area contributed by atoms with Crippen LogP contribution in [0.3, 0.4) is 0 Å². The van der Waals surface area contributed by atoms with Crippen molar-refractivity contribution >= 4 is 23.3 Å². The van der Waals surface area contributed by atoms with Crippen LogP contribution in [0, 0.1) is 0 Å². The van der Waals surface area contributed by atoms with E-state index in [1.54, 1.807) is 43.3 Å². The lowest BCUT2D eigenvalue weighted by Crippen LogP contribution is -2.14. The predicted molar refractivity (Wildman–Crippen MR) is 88.1 cm³/mol. The molecule has 0 aliphatic carbocycles. The number of hydrogen-bond acceptors (Lipinski definition) is 4. The first-order chi connectivity index (χ1) is 11.0. The van der Waals surface area contributed by atoms with Crippen molar-refractivity contribution in [1.82, 2.24) is 0 Å². The summed E-state index contributed by atoms with van der Waals surface area (Å²) in [6.45, 7) is 1.79. The summed E-state index contributed by atoms with van der Waals surface area (Å²) in [5.74, 6) is -0.767. The third-order valence-corrected chi connectivity index (χ3v) is 3.46. The second kappa shape index (κ2) is 7.76. The fraction of sp³-hybridized carbons (Fsp3) is 0.176. The van der Waals surface area contributed by atoms with Gasteiger partial charge in [0.05, 0.1) is 5.71 Å². The number of ether oxygens (including phenoxy) is 1. The molecule has 120 valence electrons. The molecule has 0 aromatic heterocycles. The van der Waals surface area contributed by atoms with Gasteiger partial charge in [-0.05, 0) is 30.7 Å². The highest BCUT2D eigenvalue weighted by atomic mass is 35.5. The van der Waals surface area contributed by atoms with E-state index in [0.717, 1.165) is 5.56 Å². The van der Waals surface area contributed by atoms with Crippen molar-refractivity contribution in [3.05, 3.63) is 64.7 Å². The Morgan fingerprint density at radius 3 is 2.43 bits per heavy atom. The number of aliphatic carboxylic acids is 1. The van der Waals surface area contributed by atoms with E-state index < -0.39 is 12.1 Å². The molecule has 6 heteroatoms. The minimum absolute atomic E-state index is 0.329. The van der Waals surface area contributed by atoms with E-state index in [0.29, 0.717) is 22.0 Å². The molecule has 0 fully saturated rings. The summed E-state index contributed by atoms with van der Waals surface area (Å²) in [7, 11) is 1.33. The molecule has 23 heavy (non-hydrogen) atoms. The fourth-order valence-electron chi connectivity index (χ4n) is 2.00. The lowest BCUT2D eigenvalue weighted by Gasteiger charge is -2.13. The van der Waals surface area contributed by atoms with Gasteiger partial charge in [-0.3, -0.25) is 0 Å². The maximum Gasteiger partial charge on any atom is 0.337 e. The average molecular weight is 334 g/mol. The SMILES string of the molecule is COC(C(=O)O)c1ccccc1ON=C(C)c1ccc(Cl)cc1. The topological polar surface area (TPSA) is 68.1 Å². The molecule has 0 amide bonds. The number of hydrogen-bond donors (Lipinski definition) is 1. The summed E-state index contributed by atoms with van der Waals surface area (Å²) >= 11 is 5.85. The van der Waals surface area contributed by atoms with Gasteiger partial charge < -0.3 is 14.7 Å². The van der Waals surface area contributed by atoms with Gasteiger partial charge >= 0.3 is 5.97 Å². The van der Waals surface area contributed by atoms with E-state index >= 15 is 0 Å². The van der Waals surface area contributed by atoms with Gasteiger partial charge in [-0.25, -0.2) is 4.79 Å². The zero-order chi connectivity index (χ0) is 16.8. The molecule has 2 rings (SSSR count). The van der Waals surface area contributed by atoms with E-state index in [4.69, 9.17) is 21.2 Å². The fourth-order valence-corrected chi connectivity index (χ4v) is 2.13. The van der Waals surface area contributed by atoms with Crippen LogP contribution in [0.1, 0.15) is 24.2 Å². The third kappa shape index (κ3) is 4.31. The average Bonchev–Trinajstić information content (AvgIpc) is 2.54. The van der Waals surface area contributed by atoms with Crippen LogP contribution in [0.15, 0.2) is 53.7 Å². The number of methoxy groups -OCH3 is 1. The molecule has 1 unspecified atom stereocenters. The van der Waals surface area contributed by atoms with Gasteiger partial charge in [0, 0.05) is 17.7 Å². The molecule has 0 radical (unpaired) electrons. The minimum atomic E-state index is -1.11. The normalized spacial score (nSPS) is 12.7. The van der Waals surface area contributed by atoms with Crippen molar-refractivity contribution in [2.24, 2.45) is 5.16 Å². The van der Waals surface area contributed by atoms with E-state index in [9.17, 15) is 9.90 Å². The lowest BCUT2D eigenvalue weighted by atomic mass is 10.1. The second-order valence-electron chi connectivity index (χ2n) is 4.77. The molecule has 0 saturated heterocycles. The summed E-state index contributed by atoms with van der Waals surface area (Å²) in [6.07, 6.45) is -1.11. The first-order valence-corrected chi connectivity index (χ1v) is 7.23. The number of rotatable bonds is 6. The number of para-hydroxylation sites is 1. The molecule has 0 aliphatic rings. The van der Waals surface area contributed by atoms with Crippen LogP contribution in [-0.4, -0.2) is 23.9 Å². The van der Waals surface area contributed by atoms with Crippen LogP contribution in [0.25, 0.3) is 0 Å². The predicted octanol–water partition coefficient (Wildman–Crippen LogP) is 3.92. The summed E-state index contributed by atoms with van der Waals surface area (Å²) in [6, 6.07) is 13.9. The zero-order valence-electron chi connectivity index (χ0n) is 12.7. The lowest BCUT2D eigenvalue weighted by molar-refractivity contribution is -0.149. The Hall–Kier alpha value is -2.37. The van der Waals surface area contributed by atoms with E-state index in [1.807, 2.05) is 12.1 Å².